The highest BCUT2D eigenvalue weighted by molar-refractivity contribution is 7.99. The molecule has 0 aromatic heterocycles. The maximum absolute atomic E-state index is 9.25. The molecule has 100 valence electrons. The van der Waals surface area contributed by atoms with Gasteiger partial charge in [0.1, 0.15) is 5.75 Å². The number of phenolic OH excluding ortho intramolecular Hbond substituents is 1. The molecule has 1 aliphatic heterocycles. The van der Waals surface area contributed by atoms with Crippen LogP contribution in [0.1, 0.15) is 31.7 Å². The molecule has 2 N–H and O–H groups in total. The molecule has 0 bridgehead atoms. The van der Waals surface area contributed by atoms with E-state index in [1.54, 1.807) is 12.1 Å². The Balaban J connectivity index is 1.71. The minimum Gasteiger partial charge on any atom is -0.508 e. The number of thioether (sulfide) groups is 1. The third kappa shape index (κ3) is 4.54. The number of rotatable bonds is 5. The summed E-state index contributed by atoms with van der Waals surface area (Å²) < 4.78 is 0. The molecule has 0 aliphatic carbocycles. The number of aromatic hydroxyl groups is 1. The fourth-order valence-corrected chi connectivity index (χ4v) is 3.61. The normalized spacial score (nSPS) is 21.7. The van der Waals surface area contributed by atoms with Crippen LogP contribution in [0.25, 0.3) is 0 Å². The van der Waals surface area contributed by atoms with E-state index in [1.807, 2.05) is 12.1 Å². The molecule has 3 heteroatoms. The minimum atomic E-state index is 0.345. The van der Waals surface area contributed by atoms with Gasteiger partial charge in [0.25, 0.3) is 0 Å². The molecule has 2 unspecified atom stereocenters. The van der Waals surface area contributed by atoms with E-state index in [2.05, 4.69) is 24.0 Å². The second-order valence-electron chi connectivity index (χ2n) is 5.17. The SMILES string of the molecule is CC(Cc1ccc(O)cc1)NCC1CCCCS1. The van der Waals surface area contributed by atoms with Crippen LogP contribution < -0.4 is 5.32 Å². The highest BCUT2D eigenvalue weighted by Crippen LogP contribution is 2.24. The summed E-state index contributed by atoms with van der Waals surface area (Å²) >= 11 is 2.12. The summed E-state index contributed by atoms with van der Waals surface area (Å²) in [6.07, 6.45) is 5.18. The van der Waals surface area contributed by atoms with E-state index >= 15 is 0 Å². The molecule has 2 rings (SSSR count). The van der Waals surface area contributed by atoms with Gasteiger partial charge >= 0.3 is 0 Å². The van der Waals surface area contributed by atoms with Gasteiger partial charge in [0, 0.05) is 17.8 Å². The lowest BCUT2D eigenvalue weighted by atomic mass is 10.1. The number of phenols is 1. The summed E-state index contributed by atoms with van der Waals surface area (Å²) in [4.78, 5) is 0. The van der Waals surface area contributed by atoms with E-state index < -0.39 is 0 Å². The number of hydrogen-bond donors (Lipinski definition) is 2. The first-order chi connectivity index (χ1) is 8.74. The monoisotopic (exact) mass is 265 g/mol. The molecule has 2 nitrogen and oxygen atoms in total. The van der Waals surface area contributed by atoms with Gasteiger partial charge in [0.05, 0.1) is 0 Å². The maximum atomic E-state index is 9.25. The Hall–Kier alpha value is -0.670. The van der Waals surface area contributed by atoms with Gasteiger partial charge in [-0.3, -0.25) is 0 Å². The van der Waals surface area contributed by atoms with Crippen LogP contribution in [0.2, 0.25) is 0 Å². The van der Waals surface area contributed by atoms with E-state index in [9.17, 15) is 5.11 Å². The molecule has 1 saturated heterocycles. The molecule has 18 heavy (non-hydrogen) atoms. The fourth-order valence-electron chi connectivity index (χ4n) is 2.36. The lowest BCUT2D eigenvalue weighted by Gasteiger charge is -2.23. The van der Waals surface area contributed by atoms with Crippen LogP contribution in [-0.2, 0) is 6.42 Å². The van der Waals surface area contributed by atoms with Crippen LogP contribution in [0.3, 0.4) is 0 Å². The van der Waals surface area contributed by atoms with E-state index in [0.717, 1.165) is 18.2 Å². The van der Waals surface area contributed by atoms with Crippen LogP contribution in [0.4, 0.5) is 0 Å². The smallest absolute Gasteiger partial charge is 0.115 e. The summed E-state index contributed by atoms with van der Waals surface area (Å²) in [7, 11) is 0. The van der Waals surface area contributed by atoms with Crippen molar-refractivity contribution in [3.05, 3.63) is 29.8 Å². The number of nitrogens with one attached hydrogen (secondary N) is 1. The highest BCUT2D eigenvalue weighted by Gasteiger charge is 2.14. The molecular weight excluding hydrogens is 242 g/mol. The number of benzene rings is 1. The molecule has 1 heterocycles. The Bertz CT molecular complexity index is 346. The third-order valence-corrected chi connectivity index (χ3v) is 4.84. The van der Waals surface area contributed by atoms with Crippen molar-refractivity contribution in [3.63, 3.8) is 0 Å². The van der Waals surface area contributed by atoms with Gasteiger partial charge in [-0.25, -0.2) is 0 Å². The summed E-state index contributed by atoms with van der Waals surface area (Å²) in [5.41, 5.74) is 1.28. The quantitative estimate of drug-likeness (QED) is 0.857. The fraction of sp³-hybridized carbons (Fsp3) is 0.600. The topological polar surface area (TPSA) is 32.3 Å². The van der Waals surface area contributed by atoms with Crippen molar-refractivity contribution in [3.8, 4) is 5.75 Å². The van der Waals surface area contributed by atoms with Crippen LogP contribution in [0.5, 0.6) is 5.75 Å². The Morgan fingerprint density at radius 1 is 1.33 bits per heavy atom. The first-order valence-electron chi connectivity index (χ1n) is 6.87. The largest absolute Gasteiger partial charge is 0.508 e. The Morgan fingerprint density at radius 3 is 2.78 bits per heavy atom. The summed E-state index contributed by atoms with van der Waals surface area (Å²) in [5.74, 6) is 1.68. The zero-order valence-corrected chi connectivity index (χ0v) is 11.9. The van der Waals surface area contributed by atoms with Crippen LogP contribution in [0.15, 0.2) is 24.3 Å². The van der Waals surface area contributed by atoms with Gasteiger partial charge in [-0.2, -0.15) is 11.8 Å². The predicted molar refractivity (Wildman–Crippen MR) is 79.4 cm³/mol. The van der Waals surface area contributed by atoms with Crippen molar-refractivity contribution in [2.24, 2.45) is 0 Å². The van der Waals surface area contributed by atoms with Gasteiger partial charge in [-0.1, -0.05) is 18.6 Å². The van der Waals surface area contributed by atoms with E-state index in [0.29, 0.717) is 11.8 Å². The van der Waals surface area contributed by atoms with E-state index in [1.165, 1.54) is 30.6 Å². The molecule has 1 aliphatic rings. The lowest BCUT2D eigenvalue weighted by molar-refractivity contribution is 0.474. The van der Waals surface area contributed by atoms with Crippen LogP contribution in [-0.4, -0.2) is 28.7 Å². The van der Waals surface area contributed by atoms with Crippen molar-refractivity contribution in [1.82, 2.24) is 5.32 Å². The second kappa shape index (κ2) is 7.05. The standard InChI is InChI=1S/C15H23NOS/c1-12(10-13-5-7-14(17)8-6-13)16-11-15-4-2-3-9-18-15/h5-8,12,15-17H,2-4,9-11H2,1H3. The van der Waals surface area contributed by atoms with Crippen LogP contribution in [0, 0.1) is 0 Å². The highest BCUT2D eigenvalue weighted by atomic mass is 32.2. The molecule has 0 saturated carbocycles. The molecular formula is C15H23NOS. The first-order valence-corrected chi connectivity index (χ1v) is 7.92. The zero-order valence-electron chi connectivity index (χ0n) is 11.1. The third-order valence-electron chi connectivity index (χ3n) is 3.45. The van der Waals surface area contributed by atoms with Crippen molar-refractivity contribution < 1.29 is 5.11 Å². The van der Waals surface area contributed by atoms with Gasteiger partial charge in [-0.15, -0.1) is 0 Å². The number of hydrogen-bond acceptors (Lipinski definition) is 3. The second-order valence-corrected chi connectivity index (χ2v) is 6.58. The summed E-state index contributed by atoms with van der Waals surface area (Å²) in [5, 5.41) is 13.7. The molecule has 2 atom stereocenters. The Kier molecular flexibility index (Phi) is 5.39. The van der Waals surface area contributed by atoms with Crippen molar-refractivity contribution in [2.75, 3.05) is 12.3 Å². The molecule has 0 radical (unpaired) electrons. The molecule has 1 aromatic rings. The average Bonchev–Trinajstić information content (AvgIpc) is 2.40. The van der Waals surface area contributed by atoms with Crippen molar-refractivity contribution in [2.45, 2.75) is 43.9 Å². The molecule has 0 amide bonds. The molecule has 0 spiro atoms. The van der Waals surface area contributed by atoms with Gasteiger partial charge in [-0.05, 0) is 49.6 Å². The van der Waals surface area contributed by atoms with E-state index in [-0.39, 0.29) is 0 Å². The maximum Gasteiger partial charge on any atom is 0.115 e. The first kappa shape index (κ1) is 13.8. The predicted octanol–water partition coefficient (Wildman–Crippen LogP) is 3.20. The van der Waals surface area contributed by atoms with E-state index in [4.69, 9.17) is 0 Å². The zero-order chi connectivity index (χ0) is 12.8. The summed E-state index contributed by atoms with van der Waals surface area (Å²) in [6.45, 7) is 3.37. The Labute approximate surface area is 114 Å². The summed E-state index contributed by atoms with van der Waals surface area (Å²) in [6, 6.07) is 8.03. The van der Waals surface area contributed by atoms with Gasteiger partial charge < -0.3 is 10.4 Å². The Morgan fingerprint density at radius 2 is 2.11 bits per heavy atom. The van der Waals surface area contributed by atoms with Crippen molar-refractivity contribution >= 4 is 11.8 Å². The van der Waals surface area contributed by atoms with Gasteiger partial charge in [0.15, 0.2) is 0 Å². The lowest BCUT2D eigenvalue weighted by Crippen LogP contribution is -2.34. The minimum absolute atomic E-state index is 0.345. The van der Waals surface area contributed by atoms with Crippen molar-refractivity contribution in [1.29, 1.82) is 0 Å². The molecule has 1 fully saturated rings. The van der Waals surface area contributed by atoms with Gasteiger partial charge in [0.2, 0.25) is 0 Å². The van der Waals surface area contributed by atoms with Crippen LogP contribution >= 0.6 is 11.8 Å². The molecule has 1 aromatic carbocycles. The average molecular weight is 265 g/mol.